The number of amides is 1. The van der Waals surface area contributed by atoms with Crippen LogP contribution in [0.2, 0.25) is 0 Å². The summed E-state index contributed by atoms with van der Waals surface area (Å²) in [6.45, 7) is 5.51. The average Bonchev–Trinajstić information content (AvgIpc) is 2.91. The van der Waals surface area contributed by atoms with Crippen LogP contribution in [0.25, 0.3) is 5.78 Å². The highest BCUT2D eigenvalue weighted by Gasteiger charge is 2.12. The van der Waals surface area contributed by atoms with Crippen LogP contribution < -0.4 is 10.9 Å². The van der Waals surface area contributed by atoms with E-state index >= 15 is 0 Å². The lowest BCUT2D eigenvalue weighted by atomic mass is 10.1. The Morgan fingerprint density at radius 1 is 1.29 bits per heavy atom. The third kappa shape index (κ3) is 3.30. The molecule has 9 heteroatoms. The minimum absolute atomic E-state index is 0.147. The molecular formula is C15H16N6O2S. The topological polar surface area (TPSA) is 105 Å². The highest BCUT2D eigenvalue weighted by Crippen LogP contribution is 2.18. The summed E-state index contributed by atoms with van der Waals surface area (Å²) in [5.41, 5.74) is 2.88. The Labute approximate surface area is 141 Å². The number of hydrogen-bond donors (Lipinski definition) is 2. The number of nitrogens with one attached hydrogen (secondary N) is 2. The summed E-state index contributed by atoms with van der Waals surface area (Å²) in [5.74, 6) is 0.267. The maximum absolute atomic E-state index is 12.2. The van der Waals surface area contributed by atoms with Crippen molar-refractivity contribution in [3.8, 4) is 0 Å². The van der Waals surface area contributed by atoms with E-state index in [0.717, 1.165) is 16.8 Å². The molecule has 3 aromatic rings. The maximum Gasteiger partial charge on any atom is 0.273 e. The quantitative estimate of drug-likeness (QED) is 0.694. The van der Waals surface area contributed by atoms with E-state index in [1.165, 1.54) is 16.3 Å². The second-order valence-electron chi connectivity index (χ2n) is 5.41. The van der Waals surface area contributed by atoms with Gasteiger partial charge >= 0.3 is 0 Å². The summed E-state index contributed by atoms with van der Waals surface area (Å²) in [6.07, 6.45) is 0. The molecule has 0 radical (unpaired) electrons. The highest BCUT2D eigenvalue weighted by molar-refractivity contribution is 7.99. The second-order valence-corrected chi connectivity index (χ2v) is 6.36. The monoisotopic (exact) mass is 344 g/mol. The van der Waals surface area contributed by atoms with Crippen LogP contribution in [0.1, 0.15) is 16.8 Å². The van der Waals surface area contributed by atoms with Crippen LogP contribution in [-0.2, 0) is 4.79 Å². The lowest BCUT2D eigenvalue weighted by molar-refractivity contribution is -0.113. The van der Waals surface area contributed by atoms with E-state index in [2.05, 4.69) is 25.6 Å². The Morgan fingerprint density at radius 3 is 2.88 bits per heavy atom. The first-order valence-corrected chi connectivity index (χ1v) is 8.25. The SMILES string of the molecule is Cc1ccc(C)c(NC(=O)CSc2nnc3[nH]c(=O)c(C)nn23)c1. The van der Waals surface area contributed by atoms with E-state index in [9.17, 15) is 9.59 Å². The molecule has 1 amide bonds. The number of nitrogens with zero attached hydrogens (tertiary/aromatic N) is 4. The first-order chi connectivity index (χ1) is 11.4. The van der Waals surface area contributed by atoms with Gasteiger partial charge in [-0.15, -0.1) is 10.2 Å². The van der Waals surface area contributed by atoms with Crippen LogP contribution in [0.4, 0.5) is 5.69 Å². The normalized spacial score (nSPS) is 11.0. The highest BCUT2D eigenvalue weighted by atomic mass is 32.2. The van der Waals surface area contributed by atoms with Gasteiger partial charge in [0.05, 0.1) is 5.75 Å². The van der Waals surface area contributed by atoms with E-state index in [-0.39, 0.29) is 23.0 Å². The van der Waals surface area contributed by atoms with Gasteiger partial charge in [0.15, 0.2) is 0 Å². The van der Waals surface area contributed by atoms with Crippen molar-refractivity contribution in [3.05, 3.63) is 45.4 Å². The first-order valence-electron chi connectivity index (χ1n) is 7.26. The maximum atomic E-state index is 12.2. The summed E-state index contributed by atoms with van der Waals surface area (Å²) in [5, 5.41) is 15.3. The number of aromatic amines is 1. The molecule has 2 aromatic heterocycles. The zero-order valence-corrected chi connectivity index (χ0v) is 14.3. The molecule has 0 saturated carbocycles. The smallest absolute Gasteiger partial charge is 0.273 e. The Hall–Kier alpha value is -2.68. The van der Waals surface area contributed by atoms with Crippen molar-refractivity contribution in [1.29, 1.82) is 0 Å². The molecule has 2 heterocycles. The van der Waals surface area contributed by atoms with Crippen LogP contribution in [0.5, 0.6) is 0 Å². The molecule has 24 heavy (non-hydrogen) atoms. The van der Waals surface area contributed by atoms with Gasteiger partial charge in [-0.3, -0.25) is 14.6 Å². The number of fused-ring (bicyclic) bond motifs is 1. The average molecular weight is 344 g/mol. The van der Waals surface area contributed by atoms with Gasteiger partial charge in [0.2, 0.25) is 11.1 Å². The van der Waals surface area contributed by atoms with Crippen LogP contribution in [0, 0.1) is 20.8 Å². The molecule has 0 saturated heterocycles. The number of carbonyl (C=O) groups is 1. The zero-order valence-electron chi connectivity index (χ0n) is 13.5. The van der Waals surface area contributed by atoms with E-state index in [1.54, 1.807) is 6.92 Å². The number of anilines is 1. The van der Waals surface area contributed by atoms with Crippen molar-refractivity contribution in [2.45, 2.75) is 25.9 Å². The number of carbonyl (C=O) groups excluding carboxylic acids is 1. The van der Waals surface area contributed by atoms with E-state index in [4.69, 9.17) is 0 Å². The molecule has 0 bridgehead atoms. The molecule has 0 unspecified atom stereocenters. The fourth-order valence-corrected chi connectivity index (χ4v) is 2.78. The third-order valence-electron chi connectivity index (χ3n) is 3.42. The lowest BCUT2D eigenvalue weighted by Gasteiger charge is -2.08. The van der Waals surface area contributed by atoms with Crippen LogP contribution >= 0.6 is 11.8 Å². The summed E-state index contributed by atoms with van der Waals surface area (Å²) in [7, 11) is 0. The number of H-pyrrole nitrogens is 1. The molecule has 0 spiro atoms. The van der Waals surface area contributed by atoms with Gasteiger partial charge in [0.25, 0.3) is 11.3 Å². The van der Waals surface area contributed by atoms with Gasteiger partial charge in [0, 0.05) is 5.69 Å². The summed E-state index contributed by atoms with van der Waals surface area (Å²) in [6, 6.07) is 5.89. The molecule has 2 N–H and O–H groups in total. The summed E-state index contributed by atoms with van der Waals surface area (Å²) >= 11 is 1.20. The van der Waals surface area contributed by atoms with E-state index < -0.39 is 0 Å². The summed E-state index contributed by atoms with van der Waals surface area (Å²) < 4.78 is 1.42. The second kappa shape index (κ2) is 6.44. The molecule has 124 valence electrons. The van der Waals surface area contributed by atoms with E-state index in [0.29, 0.717) is 10.9 Å². The Kier molecular flexibility index (Phi) is 4.34. The Morgan fingerprint density at radius 2 is 2.08 bits per heavy atom. The van der Waals surface area contributed by atoms with Crippen molar-refractivity contribution >= 4 is 29.1 Å². The zero-order chi connectivity index (χ0) is 17.3. The molecule has 8 nitrogen and oxygen atoms in total. The molecule has 1 aromatic carbocycles. The van der Waals surface area contributed by atoms with Gasteiger partial charge in [-0.1, -0.05) is 23.9 Å². The van der Waals surface area contributed by atoms with Crippen molar-refractivity contribution in [3.63, 3.8) is 0 Å². The molecule has 3 rings (SSSR count). The van der Waals surface area contributed by atoms with Gasteiger partial charge in [0.1, 0.15) is 5.69 Å². The van der Waals surface area contributed by atoms with Crippen LogP contribution in [-0.4, -0.2) is 36.5 Å². The number of benzene rings is 1. The predicted molar refractivity (Wildman–Crippen MR) is 91.4 cm³/mol. The third-order valence-corrected chi connectivity index (χ3v) is 4.33. The van der Waals surface area contributed by atoms with Gasteiger partial charge in [-0.05, 0) is 38.0 Å². The van der Waals surface area contributed by atoms with Gasteiger partial charge in [-0.2, -0.15) is 9.61 Å². The van der Waals surface area contributed by atoms with E-state index in [1.807, 2.05) is 32.0 Å². The predicted octanol–water partition coefficient (Wildman–Crippen LogP) is 1.47. The number of aryl methyl sites for hydroxylation is 3. The van der Waals surface area contributed by atoms with Gasteiger partial charge < -0.3 is 5.32 Å². The van der Waals surface area contributed by atoms with Crippen LogP contribution in [0.3, 0.4) is 0 Å². The summed E-state index contributed by atoms with van der Waals surface area (Å²) in [4.78, 5) is 26.2. The Bertz CT molecular complexity index is 978. The number of rotatable bonds is 4. The standard InChI is InChI=1S/C15H16N6O2S/c1-8-4-5-9(2)11(6-8)16-12(22)7-24-15-19-18-14-17-13(23)10(3)20-21(14)15/h4-6H,7H2,1-3H3,(H,16,22)(H,17,18,23). The van der Waals surface area contributed by atoms with Crippen molar-refractivity contribution in [2.24, 2.45) is 0 Å². The molecule has 0 atom stereocenters. The fraction of sp³-hybridized carbons (Fsp3) is 0.267. The lowest BCUT2D eigenvalue weighted by Crippen LogP contribution is -2.17. The first kappa shape index (κ1) is 16.2. The minimum Gasteiger partial charge on any atom is -0.325 e. The minimum atomic E-state index is -0.306. The molecule has 0 aliphatic carbocycles. The number of hydrogen-bond acceptors (Lipinski definition) is 6. The van der Waals surface area contributed by atoms with Crippen molar-refractivity contribution in [2.75, 3.05) is 11.1 Å². The van der Waals surface area contributed by atoms with Gasteiger partial charge in [-0.25, -0.2) is 0 Å². The largest absolute Gasteiger partial charge is 0.325 e. The number of aromatic nitrogens is 5. The molecular weight excluding hydrogens is 328 g/mol. The van der Waals surface area contributed by atoms with Crippen molar-refractivity contribution < 1.29 is 4.79 Å². The molecule has 0 fully saturated rings. The molecule has 0 aliphatic heterocycles. The Balaban J connectivity index is 1.71. The van der Waals surface area contributed by atoms with Crippen molar-refractivity contribution in [1.82, 2.24) is 24.8 Å². The van der Waals surface area contributed by atoms with Crippen LogP contribution in [0.15, 0.2) is 28.2 Å². The number of thioether (sulfide) groups is 1. The fourth-order valence-electron chi connectivity index (χ4n) is 2.10. The molecule has 0 aliphatic rings.